The third-order valence-electron chi connectivity index (χ3n) is 2.99. The molecular weight excluding hydrogens is 270 g/mol. The molecule has 0 atom stereocenters. The predicted octanol–water partition coefficient (Wildman–Crippen LogP) is 2.05. The van der Waals surface area contributed by atoms with Gasteiger partial charge in [-0.15, -0.1) is 0 Å². The first-order valence-corrected chi connectivity index (χ1v) is 6.45. The van der Waals surface area contributed by atoms with Gasteiger partial charge >= 0.3 is 5.97 Å². The second kappa shape index (κ2) is 6.21. The van der Waals surface area contributed by atoms with Gasteiger partial charge in [-0.05, 0) is 37.6 Å². The van der Waals surface area contributed by atoms with Crippen molar-refractivity contribution in [2.45, 2.75) is 20.4 Å². The molecule has 110 valence electrons. The van der Waals surface area contributed by atoms with Gasteiger partial charge in [0.1, 0.15) is 17.4 Å². The summed E-state index contributed by atoms with van der Waals surface area (Å²) in [6.45, 7) is 4.32. The first kappa shape index (κ1) is 14.8. The summed E-state index contributed by atoms with van der Waals surface area (Å²) >= 11 is 0. The number of rotatable bonds is 5. The molecule has 2 aromatic rings. The molecule has 0 amide bonds. The lowest BCUT2D eigenvalue weighted by molar-refractivity contribution is -0.131. The van der Waals surface area contributed by atoms with E-state index in [0.717, 1.165) is 23.3 Å². The number of aliphatic carboxylic acids is 1. The van der Waals surface area contributed by atoms with Gasteiger partial charge in [-0.25, -0.2) is 14.5 Å². The molecule has 1 aromatic carbocycles. The van der Waals surface area contributed by atoms with Crippen LogP contribution in [-0.2, 0) is 11.3 Å². The molecule has 0 saturated heterocycles. The number of aromatic nitrogens is 3. The van der Waals surface area contributed by atoms with Crippen LogP contribution in [0.4, 0.5) is 0 Å². The highest BCUT2D eigenvalue weighted by Gasteiger charge is 2.06. The smallest absolute Gasteiger partial charge is 0.328 e. The number of carboxylic acid groups (broad SMARTS) is 1. The molecule has 2 rings (SSSR count). The minimum Gasteiger partial charge on any atom is -0.496 e. The van der Waals surface area contributed by atoms with Crippen LogP contribution in [0.1, 0.15) is 22.8 Å². The van der Waals surface area contributed by atoms with Crippen molar-refractivity contribution in [3.63, 3.8) is 0 Å². The Kier molecular flexibility index (Phi) is 4.37. The van der Waals surface area contributed by atoms with Crippen LogP contribution in [0.3, 0.4) is 0 Å². The summed E-state index contributed by atoms with van der Waals surface area (Å²) < 4.78 is 7.04. The predicted molar refractivity (Wildman–Crippen MR) is 78.3 cm³/mol. The minimum absolute atomic E-state index is 0.574. The normalized spacial score (nSPS) is 11.0. The number of carboxylic acids is 1. The van der Waals surface area contributed by atoms with E-state index in [1.54, 1.807) is 7.11 Å². The number of aryl methyl sites for hydroxylation is 2. The molecule has 6 heteroatoms. The zero-order chi connectivity index (χ0) is 15.4. The second-order valence-corrected chi connectivity index (χ2v) is 4.61. The molecule has 0 aliphatic rings. The minimum atomic E-state index is -0.995. The Balaban J connectivity index is 2.31. The van der Waals surface area contributed by atoms with Gasteiger partial charge in [-0.1, -0.05) is 6.07 Å². The molecule has 21 heavy (non-hydrogen) atoms. The van der Waals surface area contributed by atoms with E-state index in [9.17, 15) is 4.79 Å². The van der Waals surface area contributed by atoms with Crippen molar-refractivity contribution in [1.29, 1.82) is 0 Å². The highest BCUT2D eigenvalue weighted by atomic mass is 16.5. The second-order valence-electron chi connectivity index (χ2n) is 4.61. The zero-order valence-corrected chi connectivity index (χ0v) is 12.2. The summed E-state index contributed by atoms with van der Waals surface area (Å²) in [5, 5.41) is 13.0. The summed E-state index contributed by atoms with van der Waals surface area (Å²) in [6.07, 6.45) is 2.61. The largest absolute Gasteiger partial charge is 0.496 e. The van der Waals surface area contributed by atoms with Crippen LogP contribution < -0.4 is 4.74 Å². The first-order valence-electron chi connectivity index (χ1n) is 6.45. The van der Waals surface area contributed by atoms with Gasteiger partial charge in [0.25, 0.3) is 0 Å². The van der Waals surface area contributed by atoms with E-state index in [1.165, 1.54) is 6.08 Å². The molecule has 1 aromatic heterocycles. The van der Waals surface area contributed by atoms with Gasteiger partial charge in [0.15, 0.2) is 0 Å². The van der Waals surface area contributed by atoms with E-state index in [2.05, 4.69) is 10.1 Å². The first-order chi connectivity index (χ1) is 9.99. The lowest BCUT2D eigenvalue weighted by Gasteiger charge is -2.08. The lowest BCUT2D eigenvalue weighted by Crippen LogP contribution is -2.04. The van der Waals surface area contributed by atoms with Crippen LogP contribution in [0.25, 0.3) is 6.08 Å². The summed E-state index contributed by atoms with van der Waals surface area (Å²) in [5.41, 5.74) is 1.71. The average Bonchev–Trinajstić information content (AvgIpc) is 2.74. The molecule has 1 heterocycles. The van der Waals surface area contributed by atoms with E-state index >= 15 is 0 Å². The maximum Gasteiger partial charge on any atom is 0.328 e. The van der Waals surface area contributed by atoms with Crippen molar-refractivity contribution in [2.75, 3.05) is 7.11 Å². The Hall–Kier alpha value is -2.63. The molecule has 6 nitrogen and oxygen atoms in total. The van der Waals surface area contributed by atoms with Gasteiger partial charge in [-0.3, -0.25) is 0 Å². The van der Waals surface area contributed by atoms with Crippen LogP contribution in [0.15, 0.2) is 24.3 Å². The van der Waals surface area contributed by atoms with Crippen LogP contribution in [0.2, 0.25) is 0 Å². The van der Waals surface area contributed by atoms with Crippen molar-refractivity contribution in [1.82, 2.24) is 14.8 Å². The number of nitrogens with zero attached hydrogens (tertiary/aromatic N) is 3. The van der Waals surface area contributed by atoms with E-state index in [0.29, 0.717) is 17.9 Å². The van der Waals surface area contributed by atoms with Crippen LogP contribution in [0, 0.1) is 13.8 Å². The number of ether oxygens (including phenoxy) is 1. The molecule has 0 spiro atoms. The fraction of sp³-hybridized carbons (Fsp3) is 0.267. The quantitative estimate of drug-likeness (QED) is 0.852. The number of benzene rings is 1. The molecule has 0 radical (unpaired) electrons. The van der Waals surface area contributed by atoms with Crippen LogP contribution in [0.5, 0.6) is 5.75 Å². The molecule has 0 saturated carbocycles. The van der Waals surface area contributed by atoms with E-state index in [-0.39, 0.29) is 0 Å². The third kappa shape index (κ3) is 3.68. The maximum atomic E-state index is 10.6. The summed E-state index contributed by atoms with van der Waals surface area (Å²) in [6, 6.07) is 5.62. The summed E-state index contributed by atoms with van der Waals surface area (Å²) in [5.74, 6) is 1.20. The monoisotopic (exact) mass is 287 g/mol. The SMILES string of the molecule is COc1ccc(Cn2nc(C)nc2C)cc1C=CC(=O)O. The van der Waals surface area contributed by atoms with E-state index < -0.39 is 5.97 Å². The van der Waals surface area contributed by atoms with Crippen molar-refractivity contribution in [3.8, 4) is 5.75 Å². The Morgan fingerprint density at radius 3 is 2.76 bits per heavy atom. The fourth-order valence-electron chi connectivity index (χ4n) is 2.06. The number of hydrogen-bond acceptors (Lipinski definition) is 4. The summed E-state index contributed by atoms with van der Waals surface area (Å²) in [4.78, 5) is 14.9. The number of methoxy groups -OCH3 is 1. The van der Waals surface area contributed by atoms with Gasteiger partial charge in [0.2, 0.25) is 0 Å². The van der Waals surface area contributed by atoms with Gasteiger partial charge < -0.3 is 9.84 Å². The maximum absolute atomic E-state index is 10.6. The molecule has 0 aliphatic heterocycles. The van der Waals surface area contributed by atoms with Crippen molar-refractivity contribution < 1.29 is 14.6 Å². The Bertz CT molecular complexity index is 689. The number of hydrogen-bond donors (Lipinski definition) is 1. The van der Waals surface area contributed by atoms with Crippen molar-refractivity contribution >= 4 is 12.0 Å². The number of carbonyl (C=O) groups is 1. The topological polar surface area (TPSA) is 77.2 Å². The highest BCUT2D eigenvalue weighted by Crippen LogP contribution is 2.22. The zero-order valence-electron chi connectivity index (χ0n) is 12.2. The fourth-order valence-corrected chi connectivity index (χ4v) is 2.06. The lowest BCUT2D eigenvalue weighted by atomic mass is 10.1. The average molecular weight is 287 g/mol. The van der Waals surface area contributed by atoms with Crippen LogP contribution >= 0.6 is 0 Å². The van der Waals surface area contributed by atoms with Gasteiger partial charge in [0, 0.05) is 11.6 Å². The molecular formula is C15H17N3O3. The Labute approximate surface area is 122 Å². The Morgan fingerprint density at radius 2 is 2.19 bits per heavy atom. The molecule has 0 bridgehead atoms. The third-order valence-corrected chi connectivity index (χ3v) is 2.99. The highest BCUT2D eigenvalue weighted by molar-refractivity contribution is 5.86. The molecule has 1 N–H and O–H groups in total. The van der Waals surface area contributed by atoms with Crippen molar-refractivity contribution in [3.05, 3.63) is 47.1 Å². The summed E-state index contributed by atoms with van der Waals surface area (Å²) in [7, 11) is 1.55. The standard InChI is InChI=1S/C15H17N3O3/c1-10-16-11(2)18(17-10)9-12-4-6-14(21-3)13(8-12)5-7-15(19)20/h4-8H,9H2,1-3H3,(H,19,20). The Morgan fingerprint density at radius 1 is 1.43 bits per heavy atom. The molecule has 0 unspecified atom stereocenters. The van der Waals surface area contributed by atoms with E-state index in [4.69, 9.17) is 9.84 Å². The van der Waals surface area contributed by atoms with Gasteiger partial charge in [0.05, 0.1) is 13.7 Å². The van der Waals surface area contributed by atoms with Gasteiger partial charge in [-0.2, -0.15) is 5.10 Å². The van der Waals surface area contributed by atoms with E-state index in [1.807, 2.05) is 36.7 Å². The molecule has 0 fully saturated rings. The van der Waals surface area contributed by atoms with Crippen molar-refractivity contribution in [2.24, 2.45) is 0 Å². The molecule has 0 aliphatic carbocycles. The van der Waals surface area contributed by atoms with Crippen LogP contribution in [-0.4, -0.2) is 33.0 Å².